The van der Waals surface area contributed by atoms with Crippen LogP contribution < -0.4 is 0 Å². The van der Waals surface area contributed by atoms with E-state index < -0.39 is 50.5 Å². The van der Waals surface area contributed by atoms with Gasteiger partial charge in [0.2, 0.25) is 0 Å². The first-order valence-corrected chi connectivity index (χ1v) is 7.89. The predicted molar refractivity (Wildman–Crippen MR) is 78.5 cm³/mol. The van der Waals surface area contributed by atoms with Crippen molar-refractivity contribution in [2.45, 2.75) is 12.4 Å². The first-order valence-electron chi connectivity index (χ1n) is 7.89. The molecule has 30 heavy (non-hydrogen) atoms. The van der Waals surface area contributed by atoms with Crippen molar-refractivity contribution in [1.29, 1.82) is 0 Å². The molecular formula is C14H18F6O10. The number of carbonyl (C=O) groups is 3. The molecule has 0 aliphatic carbocycles. The number of hydrogen-bond acceptors (Lipinski definition) is 10. The van der Waals surface area contributed by atoms with Gasteiger partial charge in [-0.2, -0.15) is 26.3 Å². The van der Waals surface area contributed by atoms with E-state index in [0.717, 1.165) is 0 Å². The van der Waals surface area contributed by atoms with Crippen molar-refractivity contribution < 1.29 is 73.9 Å². The van der Waals surface area contributed by atoms with Gasteiger partial charge in [0.05, 0.1) is 33.0 Å². The third kappa shape index (κ3) is 15.7. The average Bonchev–Trinajstić information content (AvgIpc) is 2.64. The van der Waals surface area contributed by atoms with Crippen LogP contribution in [0.5, 0.6) is 0 Å². The molecule has 0 aliphatic heterocycles. The Morgan fingerprint density at radius 3 is 1.53 bits per heavy atom. The molecule has 0 rings (SSSR count). The first-order chi connectivity index (χ1) is 13.9. The molecule has 0 atom stereocenters. The van der Waals surface area contributed by atoms with Crippen molar-refractivity contribution in [3.8, 4) is 0 Å². The Hall–Kier alpha value is -2.17. The van der Waals surface area contributed by atoms with Crippen LogP contribution in [0.15, 0.2) is 0 Å². The van der Waals surface area contributed by atoms with Crippen molar-refractivity contribution in [1.82, 2.24) is 0 Å². The van der Waals surface area contributed by atoms with E-state index in [2.05, 4.69) is 18.9 Å². The zero-order valence-corrected chi connectivity index (χ0v) is 15.2. The standard InChI is InChI=1S/C14H18F6O10/c15-13(16,17)11(22)29-7-10(21)28-6-5-25-2-1-24-3-4-26-8-27-9-30-12(23)14(18,19)20/h1-9H2. The number of hydrogen-bond donors (Lipinski definition) is 0. The maximum atomic E-state index is 11.8. The molecule has 0 saturated heterocycles. The van der Waals surface area contributed by atoms with Crippen LogP contribution in [-0.4, -0.2) is 90.1 Å². The van der Waals surface area contributed by atoms with E-state index in [-0.39, 0.29) is 39.6 Å². The van der Waals surface area contributed by atoms with Crippen LogP contribution in [0, 0.1) is 0 Å². The third-order valence-electron chi connectivity index (χ3n) is 2.46. The van der Waals surface area contributed by atoms with Gasteiger partial charge in [0.1, 0.15) is 6.61 Å². The maximum absolute atomic E-state index is 11.8. The lowest BCUT2D eigenvalue weighted by atomic mass is 10.6. The largest absolute Gasteiger partial charge is 0.491 e. The molecule has 0 fully saturated rings. The number of alkyl halides is 6. The lowest BCUT2D eigenvalue weighted by Gasteiger charge is -2.09. The van der Waals surface area contributed by atoms with Crippen LogP contribution in [0.25, 0.3) is 0 Å². The zero-order valence-electron chi connectivity index (χ0n) is 15.2. The summed E-state index contributed by atoms with van der Waals surface area (Å²) in [4.78, 5) is 31.7. The number of rotatable bonds is 15. The van der Waals surface area contributed by atoms with Gasteiger partial charge in [-0.15, -0.1) is 0 Å². The van der Waals surface area contributed by atoms with Crippen molar-refractivity contribution in [3.63, 3.8) is 0 Å². The Kier molecular flexibility index (Phi) is 13.7. The summed E-state index contributed by atoms with van der Waals surface area (Å²) in [6, 6.07) is 0. The molecule has 0 unspecified atom stereocenters. The third-order valence-corrected chi connectivity index (χ3v) is 2.46. The minimum absolute atomic E-state index is 0.0154. The lowest BCUT2D eigenvalue weighted by Crippen LogP contribution is -2.28. The first kappa shape index (κ1) is 27.8. The highest BCUT2D eigenvalue weighted by Crippen LogP contribution is 2.16. The fourth-order valence-electron chi connectivity index (χ4n) is 1.23. The van der Waals surface area contributed by atoms with Crippen LogP contribution >= 0.6 is 0 Å². The van der Waals surface area contributed by atoms with Crippen molar-refractivity contribution >= 4 is 17.9 Å². The Morgan fingerprint density at radius 2 is 1.00 bits per heavy atom. The Morgan fingerprint density at radius 1 is 0.533 bits per heavy atom. The second kappa shape index (κ2) is 14.8. The highest BCUT2D eigenvalue weighted by atomic mass is 19.4. The summed E-state index contributed by atoms with van der Waals surface area (Å²) in [5.41, 5.74) is 0. The second-order valence-corrected chi connectivity index (χ2v) is 4.80. The van der Waals surface area contributed by atoms with Crippen LogP contribution in [0.4, 0.5) is 26.3 Å². The molecule has 0 N–H and O–H groups in total. The molecule has 176 valence electrons. The fourth-order valence-corrected chi connectivity index (χ4v) is 1.23. The van der Waals surface area contributed by atoms with Crippen LogP contribution in [0.1, 0.15) is 0 Å². The number of carbonyl (C=O) groups excluding carboxylic acids is 3. The van der Waals surface area contributed by atoms with Gasteiger partial charge in [0.15, 0.2) is 20.2 Å². The van der Waals surface area contributed by atoms with Gasteiger partial charge >= 0.3 is 30.3 Å². The number of esters is 3. The highest BCUT2D eigenvalue weighted by molar-refractivity contribution is 5.79. The molecule has 0 saturated carbocycles. The molecule has 0 aromatic carbocycles. The van der Waals surface area contributed by atoms with Crippen molar-refractivity contribution in [2.75, 3.05) is 59.8 Å². The maximum Gasteiger partial charge on any atom is 0.491 e. The zero-order chi connectivity index (χ0) is 23.0. The van der Waals surface area contributed by atoms with Crippen molar-refractivity contribution in [3.05, 3.63) is 0 Å². The summed E-state index contributed by atoms with van der Waals surface area (Å²) in [6.45, 7) is -2.66. The van der Waals surface area contributed by atoms with E-state index >= 15 is 0 Å². The van der Waals surface area contributed by atoms with Gasteiger partial charge in [0.25, 0.3) is 0 Å². The van der Waals surface area contributed by atoms with E-state index in [0.29, 0.717) is 0 Å². The molecule has 0 bridgehead atoms. The van der Waals surface area contributed by atoms with Gasteiger partial charge in [0, 0.05) is 0 Å². The number of halogens is 6. The topological polar surface area (TPSA) is 116 Å². The van der Waals surface area contributed by atoms with Gasteiger partial charge < -0.3 is 33.2 Å². The normalized spacial score (nSPS) is 11.8. The SMILES string of the molecule is O=C(COC(=O)C(F)(F)F)OCCOCCOCCOCOCOC(=O)C(F)(F)F. The molecule has 16 heteroatoms. The summed E-state index contributed by atoms with van der Waals surface area (Å²) in [5.74, 6) is -6.07. The monoisotopic (exact) mass is 460 g/mol. The average molecular weight is 460 g/mol. The van der Waals surface area contributed by atoms with E-state index in [4.69, 9.17) is 14.2 Å². The lowest BCUT2D eigenvalue weighted by molar-refractivity contribution is -0.215. The minimum atomic E-state index is -5.20. The van der Waals surface area contributed by atoms with E-state index in [1.54, 1.807) is 0 Å². The Balaban J connectivity index is 3.36. The summed E-state index contributed by atoms with van der Waals surface area (Å²) < 4.78 is 102. The van der Waals surface area contributed by atoms with Crippen LogP contribution in [-0.2, 0) is 47.5 Å². The summed E-state index contributed by atoms with van der Waals surface area (Å²) in [5, 5.41) is 0. The molecule has 10 nitrogen and oxygen atoms in total. The molecule has 0 aromatic rings. The molecular weight excluding hydrogens is 442 g/mol. The molecule has 0 spiro atoms. The summed E-state index contributed by atoms with van der Waals surface area (Å²) >= 11 is 0. The van der Waals surface area contributed by atoms with Gasteiger partial charge in [-0.25, -0.2) is 14.4 Å². The number of ether oxygens (including phenoxy) is 7. The summed E-state index contributed by atoms with van der Waals surface area (Å²) in [6.07, 6.45) is -10.3. The van der Waals surface area contributed by atoms with E-state index in [9.17, 15) is 40.7 Å². The van der Waals surface area contributed by atoms with Crippen LogP contribution in [0.3, 0.4) is 0 Å². The molecule has 0 aliphatic rings. The Labute approximate surface area is 165 Å². The Bertz CT molecular complexity index is 522. The van der Waals surface area contributed by atoms with Gasteiger partial charge in [-0.3, -0.25) is 0 Å². The van der Waals surface area contributed by atoms with Crippen LogP contribution in [0.2, 0.25) is 0 Å². The molecule has 0 radical (unpaired) electrons. The molecule has 0 aromatic heterocycles. The van der Waals surface area contributed by atoms with E-state index in [1.165, 1.54) is 0 Å². The van der Waals surface area contributed by atoms with Crippen molar-refractivity contribution in [2.24, 2.45) is 0 Å². The van der Waals surface area contributed by atoms with Gasteiger partial charge in [-0.05, 0) is 0 Å². The second-order valence-electron chi connectivity index (χ2n) is 4.80. The highest BCUT2D eigenvalue weighted by Gasteiger charge is 2.41. The predicted octanol–water partition coefficient (Wildman–Crippen LogP) is 0.722. The smallest absolute Gasteiger partial charge is 0.461 e. The van der Waals surface area contributed by atoms with E-state index in [1.807, 2.05) is 0 Å². The quantitative estimate of drug-likeness (QED) is 0.114. The molecule has 0 heterocycles. The van der Waals surface area contributed by atoms with Gasteiger partial charge in [-0.1, -0.05) is 0 Å². The minimum Gasteiger partial charge on any atom is -0.461 e. The fraction of sp³-hybridized carbons (Fsp3) is 0.786. The molecule has 0 amide bonds. The summed E-state index contributed by atoms with van der Waals surface area (Å²) in [7, 11) is 0.